The van der Waals surface area contributed by atoms with E-state index in [2.05, 4.69) is 75.5 Å². The molecule has 0 rings (SSSR count). The molecule has 0 N–H and O–H groups in total. The average molecular weight is 980 g/mol. The van der Waals surface area contributed by atoms with Crippen molar-refractivity contribution in [1.29, 1.82) is 0 Å². The molecule has 0 aliphatic rings. The van der Waals surface area contributed by atoms with Crippen LogP contribution in [0.3, 0.4) is 0 Å². The van der Waals surface area contributed by atoms with Crippen LogP contribution in [0.5, 0.6) is 0 Å². The van der Waals surface area contributed by atoms with Crippen LogP contribution in [-0.2, 0) is 28.6 Å². The van der Waals surface area contributed by atoms with Gasteiger partial charge in [0.2, 0.25) is 0 Å². The molecule has 1 unspecified atom stereocenters. The number of allylic oxidation sites excluding steroid dienone is 10. The molecule has 0 saturated heterocycles. The zero-order chi connectivity index (χ0) is 50.7. The lowest BCUT2D eigenvalue weighted by Gasteiger charge is -2.18. The van der Waals surface area contributed by atoms with Crippen molar-refractivity contribution < 1.29 is 28.6 Å². The van der Waals surface area contributed by atoms with Crippen LogP contribution in [0.15, 0.2) is 60.8 Å². The molecule has 0 spiro atoms. The van der Waals surface area contributed by atoms with Crippen LogP contribution in [0, 0.1) is 0 Å². The number of carbonyl (C=O) groups is 3. The Hall–Kier alpha value is -2.89. The van der Waals surface area contributed by atoms with E-state index in [1.807, 2.05) is 6.08 Å². The second-order valence-corrected chi connectivity index (χ2v) is 20.2. The molecule has 0 saturated carbocycles. The monoisotopic (exact) mass is 979 g/mol. The number of hydrogen-bond acceptors (Lipinski definition) is 6. The zero-order valence-corrected chi connectivity index (χ0v) is 46.5. The predicted molar refractivity (Wildman–Crippen MR) is 302 cm³/mol. The Labute approximate surface area is 434 Å². The van der Waals surface area contributed by atoms with Gasteiger partial charge in [0.15, 0.2) is 6.10 Å². The van der Waals surface area contributed by atoms with Crippen molar-refractivity contribution in [3.8, 4) is 0 Å². The molecule has 1 atom stereocenters. The molecular weight excluding hydrogens is 865 g/mol. The van der Waals surface area contributed by atoms with Crippen LogP contribution in [0.1, 0.15) is 310 Å². The molecule has 0 amide bonds. The Balaban J connectivity index is 4.41. The van der Waals surface area contributed by atoms with E-state index in [1.165, 1.54) is 193 Å². The van der Waals surface area contributed by atoms with Gasteiger partial charge < -0.3 is 14.2 Å². The van der Waals surface area contributed by atoms with Gasteiger partial charge in [0.05, 0.1) is 0 Å². The van der Waals surface area contributed by atoms with E-state index in [0.29, 0.717) is 19.3 Å². The maximum Gasteiger partial charge on any atom is 0.306 e. The number of esters is 3. The highest BCUT2D eigenvalue weighted by atomic mass is 16.6. The molecule has 0 aromatic rings. The smallest absolute Gasteiger partial charge is 0.306 e. The maximum atomic E-state index is 12.9. The van der Waals surface area contributed by atoms with Gasteiger partial charge in [0, 0.05) is 19.3 Å². The zero-order valence-electron chi connectivity index (χ0n) is 46.5. The molecule has 0 aliphatic carbocycles. The first-order valence-corrected chi connectivity index (χ1v) is 30.3. The number of rotatable bonds is 55. The molecule has 0 aromatic heterocycles. The summed E-state index contributed by atoms with van der Waals surface area (Å²) in [5.74, 6) is -0.961. The first-order chi connectivity index (χ1) is 34.5. The summed E-state index contributed by atoms with van der Waals surface area (Å²) < 4.78 is 16.8. The van der Waals surface area contributed by atoms with Gasteiger partial charge in [-0.15, -0.1) is 0 Å². The molecule has 0 bridgehead atoms. The fourth-order valence-corrected chi connectivity index (χ4v) is 8.79. The van der Waals surface area contributed by atoms with E-state index < -0.39 is 6.10 Å². The largest absolute Gasteiger partial charge is 0.462 e. The highest BCUT2D eigenvalue weighted by Crippen LogP contribution is 2.17. The lowest BCUT2D eigenvalue weighted by molar-refractivity contribution is -0.166. The van der Waals surface area contributed by atoms with Crippen molar-refractivity contribution in [2.24, 2.45) is 0 Å². The Morgan fingerprint density at radius 1 is 0.300 bits per heavy atom. The molecule has 0 heterocycles. The molecule has 70 heavy (non-hydrogen) atoms. The van der Waals surface area contributed by atoms with E-state index >= 15 is 0 Å². The predicted octanol–water partition coefficient (Wildman–Crippen LogP) is 20.4. The van der Waals surface area contributed by atoms with Crippen molar-refractivity contribution in [3.63, 3.8) is 0 Å². The van der Waals surface area contributed by atoms with Gasteiger partial charge in [0.1, 0.15) is 13.2 Å². The second-order valence-electron chi connectivity index (χ2n) is 20.2. The average Bonchev–Trinajstić information content (AvgIpc) is 3.36. The van der Waals surface area contributed by atoms with Crippen LogP contribution >= 0.6 is 0 Å². The number of ether oxygens (including phenoxy) is 3. The minimum absolute atomic E-state index is 0.0925. The Bertz CT molecular complexity index is 1260. The van der Waals surface area contributed by atoms with Crippen molar-refractivity contribution in [2.45, 2.75) is 316 Å². The van der Waals surface area contributed by atoms with Crippen LogP contribution in [0.2, 0.25) is 0 Å². The third-order valence-corrected chi connectivity index (χ3v) is 13.3. The molecule has 406 valence electrons. The van der Waals surface area contributed by atoms with Gasteiger partial charge >= 0.3 is 17.9 Å². The van der Waals surface area contributed by atoms with Crippen molar-refractivity contribution in [1.82, 2.24) is 0 Å². The molecule has 6 nitrogen and oxygen atoms in total. The normalized spacial score (nSPS) is 12.4. The Morgan fingerprint density at radius 3 is 0.871 bits per heavy atom. The molecule has 0 fully saturated rings. The lowest BCUT2D eigenvalue weighted by atomic mass is 10.0. The van der Waals surface area contributed by atoms with E-state index in [-0.39, 0.29) is 37.5 Å². The third kappa shape index (κ3) is 56.0. The molecule has 0 aliphatic heterocycles. The first-order valence-electron chi connectivity index (χ1n) is 30.3. The highest BCUT2D eigenvalue weighted by Gasteiger charge is 2.19. The minimum atomic E-state index is -0.801. The SMILES string of the molecule is CC/C=C\C/C=C\C/C=C\C/C=C\C/C=C\CCC(=O)OCC(COC(=O)CCCCCCCCCCCCCCCCCCCCC)OC(=O)CCCCCCCCCCCCCCCCCCC. The number of carbonyl (C=O) groups excluding carboxylic acids is 3. The summed E-state index contributed by atoms with van der Waals surface area (Å²) in [6.07, 6.45) is 73.8. The first kappa shape index (κ1) is 67.1. The van der Waals surface area contributed by atoms with E-state index in [4.69, 9.17) is 14.2 Å². The van der Waals surface area contributed by atoms with Crippen LogP contribution < -0.4 is 0 Å². The number of unbranched alkanes of at least 4 members (excludes halogenated alkanes) is 34. The molecule has 0 aromatic carbocycles. The van der Waals surface area contributed by atoms with Crippen LogP contribution in [0.25, 0.3) is 0 Å². The van der Waals surface area contributed by atoms with Gasteiger partial charge in [0.25, 0.3) is 0 Å². The summed E-state index contributed by atoms with van der Waals surface area (Å²) >= 11 is 0. The van der Waals surface area contributed by atoms with E-state index in [1.54, 1.807) is 0 Å². The molecular formula is C64H114O6. The van der Waals surface area contributed by atoms with Crippen molar-refractivity contribution in [2.75, 3.05) is 13.2 Å². The minimum Gasteiger partial charge on any atom is -0.462 e. The molecule has 6 heteroatoms. The fourth-order valence-electron chi connectivity index (χ4n) is 8.79. The summed E-state index contributed by atoms with van der Waals surface area (Å²) in [5.41, 5.74) is 0. The summed E-state index contributed by atoms with van der Waals surface area (Å²) in [4.78, 5) is 38.2. The van der Waals surface area contributed by atoms with Crippen molar-refractivity contribution in [3.05, 3.63) is 60.8 Å². The lowest BCUT2D eigenvalue weighted by Crippen LogP contribution is -2.30. The summed E-state index contributed by atoms with van der Waals surface area (Å²) in [5, 5.41) is 0. The van der Waals surface area contributed by atoms with Gasteiger partial charge in [-0.1, -0.05) is 300 Å². The van der Waals surface area contributed by atoms with Gasteiger partial charge in [-0.3, -0.25) is 14.4 Å². The highest BCUT2D eigenvalue weighted by molar-refractivity contribution is 5.71. The maximum absolute atomic E-state index is 12.9. The van der Waals surface area contributed by atoms with Gasteiger partial charge in [-0.05, 0) is 51.4 Å². The van der Waals surface area contributed by atoms with Gasteiger partial charge in [-0.25, -0.2) is 0 Å². The van der Waals surface area contributed by atoms with E-state index in [0.717, 1.165) is 70.6 Å². The standard InChI is InChI=1S/C64H114O6/c1-4-7-10-13-16-19-22-25-28-31-32-34-36-39-42-45-48-51-54-57-63(66)69-60-61(59-68-62(65)56-53-50-47-44-41-38-35-30-27-24-21-18-15-12-9-6-3)70-64(67)58-55-52-49-46-43-40-37-33-29-26-23-20-17-14-11-8-5-2/h9,12,18,21,27,30,38,41,47,50,61H,4-8,10-11,13-17,19-20,22-26,28-29,31-37,39-40,42-46,48-49,51-60H2,1-3H3/b12-9-,21-18-,30-27-,41-38-,50-47-. The van der Waals surface area contributed by atoms with E-state index in [9.17, 15) is 14.4 Å². The Morgan fingerprint density at radius 2 is 0.557 bits per heavy atom. The summed E-state index contributed by atoms with van der Waals surface area (Å²) in [6, 6.07) is 0. The summed E-state index contributed by atoms with van der Waals surface area (Å²) in [6.45, 7) is 6.51. The quantitative estimate of drug-likeness (QED) is 0.0261. The Kier molecular flexibility index (Phi) is 56.3. The van der Waals surface area contributed by atoms with Crippen LogP contribution in [0.4, 0.5) is 0 Å². The third-order valence-electron chi connectivity index (χ3n) is 13.3. The number of hydrogen-bond donors (Lipinski definition) is 0. The van der Waals surface area contributed by atoms with Crippen molar-refractivity contribution >= 4 is 17.9 Å². The second kappa shape index (κ2) is 58.7. The van der Waals surface area contributed by atoms with Gasteiger partial charge in [-0.2, -0.15) is 0 Å². The topological polar surface area (TPSA) is 78.9 Å². The molecule has 0 radical (unpaired) electrons. The fraction of sp³-hybridized carbons (Fsp3) is 0.797. The van der Waals surface area contributed by atoms with Crippen LogP contribution in [-0.4, -0.2) is 37.2 Å². The summed E-state index contributed by atoms with van der Waals surface area (Å²) in [7, 11) is 0.